The van der Waals surface area contributed by atoms with E-state index in [4.69, 9.17) is 9.84 Å². The molecule has 1 aliphatic rings. The molecule has 7 nitrogen and oxygen atoms in total. The van der Waals surface area contributed by atoms with E-state index >= 15 is 0 Å². The lowest BCUT2D eigenvalue weighted by molar-refractivity contribution is -0.118. The molecule has 7 heteroatoms. The molecule has 0 aromatic heterocycles. The first-order valence-corrected chi connectivity index (χ1v) is 11.1. The van der Waals surface area contributed by atoms with Gasteiger partial charge in [-0.3, -0.25) is 4.79 Å². The largest absolute Gasteiger partial charge is 0.478 e. The van der Waals surface area contributed by atoms with Gasteiger partial charge >= 0.3 is 12.1 Å². The highest BCUT2D eigenvalue weighted by atomic mass is 16.5. The highest BCUT2D eigenvalue weighted by Gasteiger charge is 2.29. The number of anilines is 1. The van der Waals surface area contributed by atoms with Crippen LogP contribution in [-0.4, -0.2) is 35.7 Å². The topological polar surface area (TPSA) is 105 Å². The van der Waals surface area contributed by atoms with Crippen molar-refractivity contribution in [3.05, 3.63) is 89.0 Å². The molecule has 1 aliphatic carbocycles. The molecule has 3 aromatic rings. The van der Waals surface area contributed by atoms with Crippen molar-refractivity contribution in [2.45, 2.75) is 32.2 Å². The van der Waals surface area contributed by atoms with Gasteiger partial charge in [0.05, 0.1) is 5.56 Å². The van der Waals surface area contributed by atoms with Gasteiger partial charge in [0.2, 0.25) is 5.91 Å². The number of carbonyl (C=O) groups is 3. The molecule has 1 atom stereocenters. The first-order valence-electron chi connectivity index (χ1n) is 11.1. The molecular formula is C27H26N2O5. The molecule has 0 radical (unpaired) electrons. The lowest BCUT2D eigenvalue weighted by atomic mass is 9.98. The molecule has 0 fully saturated rings. The van der Waals surface area contributed by atoms with E-state index in [1.807, 2.05) is 36.4 Å². The summed E-state index contributed by atoms with van der Waals surface area (Å²) in [5, 5.41) is 14.5. The molecule has 4 rings (SSSR count). The molecule has 0 bridgehead atoms. The fourth-order valence-electron chi connectivity index (χ4n) is 4.35. The van der Waals surface area contributed by atoms with Crippen molar-refractivity contribution >= 4 is 23.7 Å². The van der Waals surface area contributed by atoms with Crippen molar-refractivity contribution in [2.75, 3.05) is 11.9 Å². The average Bonchev–Trinajstić information content (AvgIpc) is 3.14. The summed E-state index contributed by atoms with van der Waals surface area (Å²) in [4.78, 5) is 36.4. The smallest absolute Gasteiger partial charge is 0.407 e. The zero-order valence-corrected chi connectivity index (χ0v) is 19.0. The van der Waals surface area contributed by atoms with Crippen LogP contribution in [0.15, 0.2) is 66.7 Å². The first kappa shape index (κ1) is 23.0. The SMILES string of the molecule is CC[C@@H](NC(=O)OCC1c2ccccc2-c2ccccc21)C(=O)Nc1ccc(C(=O)O)c(C)c1. The summed E-state index contributed by atoms with van der Waals surface area (Å²) in [6.07, 6.45) is -0.302. The molecule has 0 spiro atoms. The van der Waals surface area contributed by atoms with E-state index in [2.05, 4.69) is 22.8 Å². The van der Waals surface area contributed by atoms with Crippen LogP contribution >= 0.6 is 0 Å². The second-order valence-electron chi connectivity index (χ2n) is 8.25. The Morgan fingerprint density at radius 2 is 1.59 bits per heavy atom. The highest BCUT2D eigenvalue weighted by molar-refractivity contribution is 5.97. The first-order chi connectivity index (χ1) is 16.4. The van der Waals surface area contributed by atoms with Gasteiger partial charge in [-0.05, 0) is 59.4 Å². The lowest BCUT2D eigenvalue weighted by Crippen LogP contribution is -2.43. The monoisotopic (exact) mass is 458 g/mol. The molecule has 3 N–H and O–H groups in total. The quantitative estimate of drug-likeness (QED) is 0.465. The van der Waals surface area contributed by atoms with Gasteiger partial charge in [-0.15, -0.1) is 0 Å². The number of benzene rings is 3. The Balaban J connectivity index is 1.38. The Labute approximate surface area is 197 Å². The number of hydrogen-bond donors (Lipinski definition) is 3. The summed E-state index contributed by atoms with van der Waals surface area (Å²) < 4.78 is 5.54. The number of alkyl carbamates (subject to hydrolysis) is 1. The Bertz CT molecular complexity index is 1210. The predicted octanol–water partition coefficient (Wildman–Crippen LogP) is 4.95. The molecule has 0 saturated carbocycles. The van der Waals surface area contributed by atoms with Gasteiger partial charge in [-0.1, -0.05) is 55.5 Å². The number of carbonyl (C=O) groups excluding carboxylic acids is 2. The molecule has 2 amide bonds. The zero-order chi connectivity index (χ0) is 24.2. The predicted molar refractivity (Wildman–Crippen MR) is 129 cm³/mol. The fraction of sp³-hybridized carbons (Fsp3) is 0.222. The minimum absolute atomic E-state index is 0.0669. The summed E-state index contributed by atoms with van der Waals surface area (Å²) in [5.41, 5.74) is 5.66. The third-order valence-electron chi connectivity index (χ3n) is 6.08. The van der Waals surface area contributed by atoms with Crippen LogP contribution in [0.4, 0.5) is 10.5 Å². The Morgan fingerprint density at radius 3 is 2.15 bits per heavy atom. The maximum absolute atomic E-state index is 12.7. The van der Waals surface area contributed by atoms with Crippen molar-refractivity contribution in [2.24, 2.45) is 0 Å². The van der Waals surface area contributed by atoms with E-state index in [1.54, 1.807) is 19.9 Å². The number of fused-ring (bicyclic) bond motifs is 3. The normalized spacial score (nSPS) is 12.9. The summed E-state index contributed by atoms with van der Waals surface area (Å²) in [7, 11) is 0. The number of nitrogens with one attached hydrogen (secondary N) is 2. The number of rotatable bonds is 7. The second-order valence-corrected chi connectivity index (χ2v) is 8.25. The fourth-order valence-corrected chi connectivity index (χ4v) is 4.35. The van der Waals surface area contributed by atoms with E-state index in [9.17, 15) is 14.4 Å². The number of aryl methyl sites for hydroxylation is 1. The minimum Gasteiger partial charge on any atom is -0.478 e. The molecule has 0 aliphatic heterocycles. The van der Waals surface area contributed by atoms with E-state index in [-0.39, 0.29) is 18.1 Å². The number of carboxylic acids is 1. The zero-order valence-electron chi connectivity index (χ0n) is 19.0. The second kappa shape index (κ2) is 9.79. The molecule has 174 valence electrons. The molecule has 0 unspecified atom stereocenters. The van der Waals surface area contributed by atoms with Crippen molar-refractivity contribution in [3.63, 3.8) is 0 Å². The molecular weight excluding hydrogens is 432 g/mol. The summed E-state index contributed by atoms with van der Waals surface area (Å²) in [6.45, 7) is 3.60. The van der Waals surface area contributed by atoms with E-state index < -0.39 is 24.0 Å². The van der Waals surface area contributed by atoms with E-state index in [0.717, 1.165) is 22.3 Å². The van der Waals surface area contributed by atoms with Crippen molar-refractivity contribution < 1.29 is 24.2 Å². The highest BCUT2D eigenvalue weighted by Crippen LogP contribution is 2.44. The maximum atomic E-state index is 12.7. The van der Waals surface area contributed by atoms with E-state index in [0.29, 0.717) is 17.7 Å². The standard InChI is InChI=1S/C27H26N2O5/c1-3-24(25(30)28-17-12-13-18(26(31)32)16(2)14-17)29-27(33)34-15-23-21-10-6-4-8-19(21)20-9-5-7-11-22(20)23/h4-14,23-24H,3,15H2,1-2H3,(H,28,30)(H,29,33)(H,31,32)/t24-/m1/s1. The van der Waals surface area contributed by atoms with Crippen LogP contribution in [0.3, 0.4) is 0 Å². The van der Waals surface area contributed by atoms with Gasteiger partial charge in [-0.25, -0.2) is 9.59 Å². The van der Waals surface area contributed by atoms with Crippen LogP contribution in [0.1, 0.15) is 46.3 Å². The molecule has 0 saturated heterocycles. The summed E-state index contributed by atoms with van der Waals surface area (Å²) in [5.74, 6) is -1.50. The Kier molecular flexibility index (Phi) is 6.63. The van der Waals surface area contributed by atoms with E-state index in [1.165, 1.54) is 12.1 Å². The Hall–Kier alpha value is -4.13. The maximum Gasteiger partial charge on any atom is 0.407 e. The molecule has 3 aromatic carbocycles. The van der Waals surface area contributed by atoms with Crippen molar-refractivity contribution in [3.8, 4) is 11.1 Å². The lowest BCUT2D eigenvalue weighted by Gasteiger charge is -2.19. The van der Waals surface area contributed by atoms with Crippen molar-refractivity contribution in [1.82, 2.24) is 5.32 Å². The number of aromatic carboxylic acids is 1. The third-order valence-corrected chi connectivity index (χ3v) is 6.08. The van der Waals surface area contributed by atoms with Gasteiger partial charge in [0.25, 0.3) is 0 Å². The van der Waals surface area contributed by atoms with Crippen LogP contribution in [0.2, 0.25) is 0 Å². The van der Waals surface area contributed by atoms with Crippen LogP contribution in [0.5, 0.6) is 0 Å². The van der Waals surface area contributed by atoms with Gasteiger partial charge in [0, 0.05) is 11.6 Å². The van der Waals surface area contributed by atoms with Gasteiger partial charge in [0.15, 0.2) is 0 Å². The Morgan fingerprint density at radius 1 is 0.971 bits per heavy atom. The average molecular weight is 459 g/mol. The number of carboxylic acid groups (broad SMARTS) is 1. The van der Waals surface area contributed by atoms with Gasteiger partial charge in [0.1, 0.15) is 12.6 Å². The van der Waals surface area contributed by atoms with Crippen molar-refractivity contribution in [1.29, 1.82) is 0 Å². The van der Waals surface area contributed by atoms with Crippen LogP contribution < -0.4 is 10.6 Å². The summed E-state index contributed by atoms with van der Waals surface area (Å²) >= 11 is 0. The van der Waals surface area contributed by atoms with Gasteiger partial charge < -0.3 is 20.5 Å². The van der Waals surface area contributed by atoms with Gasteiger partial charge in [-0.2, -0.15) is 0 Å². The number of hydrogen-bond acceptors (Lipinski definition) is 4. The number of ether oxygens (including phenoxy) is 1. The third kappa shape index (κ3) is 4.64. The molecule has 34 heavy (non-hydrogen) atoms. The molecule has 0 heterocycles. The minimum atomic E-state index is -1.03. The van der Waals surface area contributed by atoms with Crippen LogP contribution in [0.25, 0.3) is 11.1 Å². The van der Waals surface area contributed by atoms with Crippen LogP contribution in [0, 0.1) is 6.92 Å². The van der Waals surface area contributed by atoms with Crippen LogP contribution in [-0.2, 0) is 9.53 Å². The summed E-state index contributed by atoms with van der Waals surface area (Å²) in [6, 6.07) is 19.9. The number of amides is 2.